The molecular weight excluding hydrogens is 319 g/mol. The molecule has 110 valence electrons. The third-order valence-electron chi connectivity index (χ3n) is 2.44. The minimum absolute atomic E-state index is 0. The Morgan fingerprint density at radius 1 is 1.19 bits per heavy atom. The first-order valence-electron chi connectivity index (χ1n) is 6.19. The maximum atomic E-state index is 11.7. The maximum Gasteiger partial charge on any atom is 1.00 e. The summed E-state index contributed by atoms with van der Waals surface area (Å²) in [7, 11) is -3.80. The van der Waals surface area contributed by atoms with Gasteiger partial charge in [-0.15, -0.1) is 5.11 Å². The Bertz CT molecular complexity index is 583. The number of nitrogens with one attached hydrogen (secondary N) is 1. The number of hydrogen-bond donors (Lipinski definition) is 1. The molecule has 0 aromatic heterocycles. The van der Waals surface area contributed by atoms with Crippen LogP contribution in [0.3, 0.4) is 0 Å². The standard InChI is InChI=1S/C12H18N4O3S.K/c1-4-16(5-2)15-13-11-6-8-12(9-7-11)20(18,19)14-10(3)17;/h6-9H,4-5H2,1-3H3,(H,14,17);/q;+1. The minimum Gasteiger partial charge on any atom is -0.279 e. The molecule has 0 saturated heterocycles. The molecule has 0 aliphatic heterocycles. The zero-order valence-corrected chi connectivity index (χ0v) is 16.6. The average molecular weight is 337 g/mol. The predicted octanol–water partition coefficient (Wildman–Crippen LogP) is -1.14. The molecule has 0 aliphatic carbocycles. The van der Waals surface area contributed by atoms with E-state index in [1.807, 2.05) is 18.6 Å². The first-order chi connectivity index (χ1) is 9.39. The minimum atomic E-state index is -3.80. The van der Waals surface area contributed by atoms with E-state index in [2.05, 4.69) is 10.3 Å². The van der Waals surface area contributed by atoms with Crippen molar-refractivity contribution in [3.05, 3.63) is 24.3 Å². The molecule has 0 fully saturated rings. The van der Waals surface area contributed by atoms with Crippen molar-refractivity contribution in [1.82, 2.24) is 9.73 Å². The second kappa shape index (κ2) is 9.64. The zero-order valence-electron chi connectivity index (χ0n) is 12.7. The van der Waals surface area contributed by atoms with E-state index in [4.69, 9.17) is 0 Å². The summed E-state index contributed by atoms with van der Waals surface area (Å²) in [5.41, 5.74) is 0.540. The molecule has 1 rings (SSSR count). The van der Waals surface area contributed by atoms with Gasteiger partial charge in [-0.3, -0.25) is 9.80 Å². The van der Waals surface area contributed by atoms with Gasteiger partial charge in [0.25, 0.3) is 10.0 Å². The van der Waals surface area contributed by atoms with Gasteiger partial charge in [0.15, 0.2) is 0 Å². The Hall–Kier alpha value is -0.324. The van der Waals surface area contributed by atoms with Crippen LogP contribution in [0, 0.1) is 0 Å². The molecule has 0 bridgehead atoms. The number of nitrogens with zero attached hydrogens (tertiary/aromatic N) is 3. The molecule has 0 atom stereocenters. The Kier molecular flexibility index (Phi) is 9.50. The zero-order chi connectivity index (χ0) is 15.2. The number of sulfonamides is 1. The van der Waals surface area contributed by atoms with E-state index in [1.165, 1.54) is 24.3 Å². The largest absolute Gasteiger partial charge is 1.00 e. The predicted molar refractivity (Wildman–Crippen MR) is 74.9 cm³/mol. The van der Waals surface area contributed by atoms with Crippen LogP contribution in [0.5, 0.6) is 0 Å². The fourth-order valence-electron chi connectivity index (χ4n) is 1.41. The number of carbonyl (C=O) groups excluding carboxylic acids is 1. The van der Waals surface area contributed by atoms with Gasteiger partial charge in [0, 0.05) is 20.0 Å². The molecule has 21 heavy (non-hydrogen) atoms. The van der Waals surface area contributed by atoms with Crippen molar-refractivity contribution >= 4 is 21.6 Å². The van der Waals surface area contributed by atoms with Gasteiger partial charge < -0.3 is 0 Å². The SMILES string of the molecule is CCN(CC)N=Nc1ccc(S(=O)(=O)NC(C)=O)cc1.[K+]. The van der Waals surface area contributed by atoms with E-state index < -0.39 is 15.9 Å². The summed E-state index contributed by atoms with van der Waals surface area (Å²) in [6, 6.07) is 5.81. The number of carbonyl (C=O) groups is 1. The van der Waals surface area contributed by atoms with Crippen molar-refractivity contribution in [3.8, 4) is 0 Å². The van der Waals surface area contributed by atoms with E-state index in [9.17, 15) is 13.2 Å². The molecule has 0 radical (unpaired) electrons. The van der Waals surface area contributed by atoms with Gasteiger partial charge in [-0.2, -0.15) is 0 Å². The van der Waals surface area contributed by atoms with Gasteiger partial charge in [0.1, 0.15) is 0 Å². The van der Waals surface area contributed by atoms with Crippen LogP contribution in [0.15, 0.2) is 39.5 Å². The Labute approximate surface area is 167 Å². The molecule has 7 nitrogen and oxygen atoms in total. The summed E-state index contributed by atoms with van der Waals surface area (Å²) in [6.07, 6.45) is 0. The molecule has 1 aromatic rings. The molecule has 0 spiro atoms. The van der Waals surface area contributed by atoms with Crippen molar-refractivity contribution in [3.63, 3.8) is 0 Å². The fourth-order valence-corrected chi connectivity index (χ4v) is 2.40. The van der Waals surface area contributed by atoms with Crippen molar-refractivity contribution < 1.29 is 64.6 Å². The molecule has 0 unspecified atom stereocenters. The molecule has 0 heterocycles. The Morgan fingerprint density at radius 3 is 2.14 bits per heavy atom. The van der Waals surface area contributed by atoms with Crippen LogP contribution < -0.4 is 56.1 Å². The van der Waals surface area contributed by atoms with E-state index in [-0.39, 0.29) is 56.3 Å². The van der Waals surface area contributed by atoms with Gasteiger partial charge >= 0.3 is 51.4 Å². The quantitative estimate of drug-likeness (QED) is 0.403. The van der Waals surface area contributed by atoms with Gasteiger partial charge in [-0.25, -0.2) is 13.1 Å². The van der Waals surface area contributed by atoms with Gasteiger partial charge in [0.05, 0.1) is 10.6 Å². The van der Waals surface area contributed by atoms with E-state index in [1.54, 1.807) is 5.01 Å². The third-order valence-corrected chi connectivity index (χ3v) is 3.89. The summed E-state index contributed by atoms with van der Waals surface area (Å²) in [5, 5.41) is 9.78. The van der Waals surface area contributed by atoms with Crippen LogP contribution >= 0.6 is 0 Å². The number of amides is 1. The Morgan fingerprint density at radius 2 is 1.71 bits per heavy atom. The smallest absolute Gasteiger partial charge is 0.279 e. The van der Waals surface area contributed by atoms with Crippen molar-refractivity contribution in [1.29, 1.82) is 0 Å². The second-order valence-electron chi connectivity index (χ2n) is 3.98. The third kappa shape index (κ3) is 6.98. The van der Waals surface area contributed by atoms with Crippen LogP contribution in [-0.4, -0.2) is 32.4 Å². The van der Waals surface area contributed by atoms with Gasteiger partial charge in [-0.05, 0) is 38.1 Å². The normalized spacial score (nSPS) is 11.0. The van der Waals surface area contributed by atoms with Crippen molar-refractivity contribution in [2.45, 2.75) is 25.7 Å². The van der Waals surface area contributed by atoms with E-state index in [0.717, 1.165) is 20.0 Å². The van der Waals surface area contributed by atoms with Gasteiger partial charge in [-0.1, -0.05) is 5.22 Å². The summed E-state index contributed by atoms with van der Waals surface area (Å²) < 4.78 is 25.3. The molecule has 0 aliphatic rings. The van der Waals surface area contributed by atoms with Gasteiger partial charge in [0.2, 0.25) is 5.91 Å². The topological polar surface area (TPSA) is 91.2 Å². The molecule has 9 heteroatoms. The molecular formula is C12H18KN4O3S+. The first-order valence-corrected chi connectivity index (χ1v) is 7.67. The van der Waals surface area contributed by atoms with Crippen LogP contribution in [0.4, 0.5) is 5.69 Å². The average Bonchev–Trinajstić information content (AvgIpc) is 2.39. The molecule has 1 N–H and O–H groups in total. The summed E-state index contributed by atoms with van der Waals surface area (Å²) in [4.78, 5) is 10.8. The summed E-state index contributed by atoms with van der Waals surface area (Å²) >= 11 is 0. The van der Waals surface area contributed by atoms with Crippen molar-refractivity contribution in [2.24, 2.45) is 10.3 Å². The van der Waals surface area contributed by atoms with Crippen LogP contribution in [0.1, 0.15) is 20.8 Å². The van der Waals surface area contributed by atoms with Crippen molar-refractivity contribution in [2.75, 3.05) is 13.1 Å². The Balaban J connectivity index is 0.00000400. The van der Waals surface area contributed by atoms with E-state index >= 15 is 0 Å². The summed E-state index contributed by atoms with van der Waals surface area (Å²) in [5.74, 6) is -0.629. The molecule has 1 amide bonds. The monoisotopic (exact) mass is 337 g/mol. The molecule has 0 saturated carbocycles. The number of benzene rings is 1. The number of rotatable bonds is 6. The first kappa shape index (κ1) is 20.7. The van der Waals surface area contributed by atoms with Crippen LogP contribution in [0.25, 0.3) is 0 Å². The van der Waals surface area contributed by atoms with E-state index in [0.29, 0.717) is 5.69 Å². The van der Waals surface area contributed by atoms with Crippen LogP contribution in [0.2, 0.25) is 0 Å². The fraction of sp³-hybridized carbons (Fsp3) is 0.417. The maximum absolute atomic E-state index is 11.7. The second-order valence-corrected chi connectivity index (χ2v) is 5.67. The molecule has 1 aromatic carbocycles. The van der Waals surface area contributed by atoms with Crippen LogP contribution in [-0.2, 0) is 14.8 Å². The summed E-state index contributed by atoms with van der Waals surface area (Å²) in [6.45, 7) is 6.56. The number of hydrogen-bond acceptors (Lipinski definition) is 5.